The Kier molecular flexibility index (Phi) is 9.78. The van der Waals surface area contributed by atoms with Crippen LogP contribution in [-0.4, -0.2) is 9.97 Å². The minimum atomic E-state index is -5.18. The number of hydrogen-bond acceptors (Lipinski definition) is 2. The third-order valence-electron chi connectivity index (χ3n) is 5.33. The van der Waals surface area contributed by atoms with Crippen molar-refractivity contribution < 1.29 is 46.4 Å². The molecule has 5 aromatic rings. The maximum absolute atomic E-state index is 13.1. The van der Waals surface area contributed by atoms with E-state index in [1.165, 1.54) is 12.3 Å². The molecular formula is C30H18F6IrN2-2. The molecule has 0 fully saturated rings. The average Bonchev–Trinajstić information content (AvgIpc) is 2.94. The van der Waals surface area contributed by atoms with Crippen LogP contribution in [0.25, 0.3) is 33.6 Å². The van der Waals surface area contributed by atoms with Crippen LogP contribution >= 0.6 is 0 Å². The van der Waals surface area contributed by atoms with E-state index in [2.05, 4.69) is 16.0 Å². The molecule has 2 nitrogen and oxygen atoms in total. The second kappa shape index (κ2) is 12.8. The maximum atomic E-state index is 13.1. The quantitative estimate of drug-likeness (QED) is 0.138. The molecule has 0 N–H and O–H groups in total. The molecule has 39 heavy (non-hydrogen) atoms. The van der Waals surface area contributed by atoms with Crippen LogP contribution in [0.2, 0.25) is 0 Å². The van der Waals surface area contributed by atoms with Crippen LogP contribution in [0, 0.1) is 12.1 Å². The van der Waals surface area contributed by atoms with E-state index in [1.54, 1.807) is 36.5 Å². The molecule has 201 valence electrons. The van der Waals surface area contributed by atoms with Gasteiger partial charge in [-0.25, -0.2) is 0 Å². The minimum Gasteiger partial charge on any atom is -0.305 e. The first-order valence-corrected chi connectivity index (χ1v) is 11.2. The molecule has 0 atom stereocenters. The normalized spacial score (nSPS) is 11.1. The van der Waals surface area contributed by atoms with Crippen LogP contribution in [0.1, 0.15) is 11.1 Å². The van der Waals surface area contributed by atoms with Crippen LogP contribution in [0.4, 0.5) is 26.3 Å². The molecule has 9 heteroatoms. The molecule has 0 aliphatic heterocycles. The van der Waals surface area contributed by atoms with E-state index in [4.69, 9.17) is 0 Å². The van der Waals surface area contributed by atoms with E-state index in [9.17, 15) is 26.3 Å². The molecule has 0 saturated carbocycles. The van der Waals surface area contributed by atoms with Crippen LogP contribution < -0.4 is 0 Å². The van der Waals surface area contributed by atoms with Gasteiger partial charge in [0, 0.05) is 32.5 Å². The van der Waals surface area contributed by atoms with Crippen molar-refractivity contribution in [3.8, 4) is 33.6 Å². The van der Waals surface area contributed by atoms with Crippen molar-refractivity contribution in [3.05, 3.63) is 133 Å². The average molecular weight is 713 g/mol. The summed E-state index contributed by atoms with van der Waals surface area (Å²) in [6, 6.07) is 32.2. The first-order valence-electron chi connectivity index (χ1n) is 11.2. The van der Waals surface area contributed by atoms with E-state index in [-0.39, 0.29) is 31.4 Å². The molecule has 0 aliphatic carbocycles. The van der Waals surface area contributed by atoms with E-state index in [0.29, 0.717) is 11.6 Å². The zero-order valence-corrected chi connectivity index (χ0v) is 22.3. The van der Waals surface area contributed by atoms with Crippen molar-refractivity contribution in [1.82, 2.24) is 9.97 Å². The summed E-state index contributed by atoms with van der Waals surface area (Å²) in [5.74, 6) is 0. The monoisotopic (exact) mass is 713 g/mol. The van der Waals surface area contributed by atoms with Crippen LogP contribution in [0.5, 0.6) is 0 Å². The Morgan fingerprint density at radius 1 is 0.564 bits per heavy atom. The van der Waals surface area contributed by atoms with E-state index >= 15 is 0 Å². The van der Waals surface area contributed by atoms with Gasteiger partial charge in [-0.2, -0.15) is 26.3 Å². The van der Waals surface area contributed by atoms with Gasteiger partial charge in [0.2, 0.25) is 0 Å². The summed E-state index contributed by atoms with van der Waals surface area (Å²) in [5, 5.41) is 0. The van der Waals surface area contributed by atoms with Gasteiger partial charge in [-0.15, -0.1) is 59.7 Å². The minimum absolute atomic E-state index is 0. The molecule has 3 aromatic carbocycles. The number of rotatable bonds is 3. The molecule has 0 unspecified atom stereocenters. The number of nitrogens with zero attached hydrogens (tertiary/aromatic N) is 2. The van der Waals surface area contributed by atoms with Gasteiger partial charge in [-0.05, 0) is 45.8 Å². The fourth-order valence-corrected chi connectivity index (χ4v) is 3.57. The first-order chi connectivity index (χ1) is 18.1. The van der Waals surface area contributed by atoms with Gasteiger partial charge in [0.25, 0.3) is 0 Å². The van der Waals surface area contributed by atoms with Crippen LogP contribution in [-0.2, 0) is 32.5 Å². The van der Waals surface area contributed by atoms with Crippen molar-refractivity contribution in [2.45, 2.75) is 12.4 Å². The Bertz CT molecular complexity index is 1440. The second-order valence-corrected chi connectivity index (χ2v) is 7.94. The molecule has 0 bridgehead atoms. The summed E-state index contributed by atoms with van der Waals surface area (Å²) < 4.78 is 77.8. The molecule has 0 saturated heterocycles. The summed E-state index contributed by atoms with van der Waals surface area (Å²) >= 11 is 0. The van der Waals surface area contributed by atoms with Gasteiger partial charge < -0.3 is 9.97 Å². The molecule has 5 rings (SSSR count). The van der Waals surface area contributed by atoms with Gasteiger partial charge >= 0.3 is 12.4 Å². The van der Waals surface area contributed by atoms with Gasteiger partial charge in [0.1, 0.15) is 0 Å². The third-order valence-corrected chi connectivity index (χ3v) is 5.33. The van der Waals surface area contributed by atoms with Crippen molar-refractivity contribution in [1.29, 1.82) is 0 Å². The number of pyridine rings is 2. The Hall–Kier alpha value is -3.81. The number of halogens is 6. The molecule has 0 aliphatic rings. The van der Waals surface area contributed by atoms with Gasteiger partial charge in [0.15, 0.2) is 0 Å². The maximum Gasteiger partial charge on any atom is 0.400 e. The molecule has 0 spiro atoms. The summed E-state index contributed by atoms with van der Waals surface area (Å²) in [6.07, 6.45) is -7.14. The number of alkyl halides is 6. The Labute approximate surface area is 234 Å². The van der Waals surface area contributed by atoms with E-state index < -0.39 is 23.5 Å². The Balaban J connectivity index is 0.000000270. The predicted octanol–water partition coefficient (Wildman–Crippen LogP) is 8.80. The van der Waals surface area contributed by atoms with E-state index in [1.807, 2.05) is 54.6 Å². The number of aromatic nitrogens is 2. The largest absolute Gasteiger partial charge is 0.400 e. The van der Waals surface area contributed by atoms with Crippen LogP contribution in [0.3, 0.4) is 0 Å². The van der Waals surface area contributed by atoms with Crippen molar-refractivity contribution in [3.63, 3.8) is 0 Å². The SMILES string of the molecule is FC(F)(F)c1[c-]c(-c2cc(-c3ccccc3)ccn2)ccc1C(F)(F)F.[Ir].[c-]1ccccc1-c1ccccn1. The fourth-order valence-electron chi connectivity index (χ4n) is 3.57. The zero-order chi connectivity index (χ0) is 27.2. The zero-order valence-electron chi connectivity index (χ0n) is 19.9. The van der Waals surface area contributed by atoms with Gasteiger partial charge in [-0.3, -0.25) is 0 Å². The molecule has 2 aromatic heterocycles. The second-order valence-electron chi connectivity index (χ2n) is 7.94. The summed E-state index contributed by atoms with van der Waals surface area (Å²) in [4.78, 5) is 8.19. The topological polar surface area (TPSA) is 25.8 Å². The smallest absolute Gasteiger partial charge is 0.305 e. The van der Waals surface area contributed by atoms with Crippen molar-refractivity contribution in [2.24, 2.45) is 0 Å². The number of benzene rings is 3. The fraction of sp³-hybridized carbons (Fsp3) is 0.0667. The first kappa shape index (κ1) is 29.7. The summed E-state index contributed by atoms with van der Waals surface area (Å²) in [7, 11) is 0. The molecule has 2 heterocycles. The predicted molar refractivity (Wildman–Crippen MR) is 132 cm³/mol. The standard InChI is InChI=1S/C19H10F6N.C11H8N.Ir/c20-18(21,22)15-7-6-14(10-16(15)19(23,24)25)17-11-13(8-9-26-17)12-4-2-1-3-5-12;1-2-6-10(7-3-1)11-8-4-5-9-12-11;/h1-9,11H;1-6,8-9H;/q2*-1;. The Morgan fingerprint density at radius 2 is 1.26 bits per heavy atom. The van der Waals surface area contributed by atoms with E-state index in [0.717, 1.165) is 22.9 Å². The Morgan fingerprint density at radius 3 is 1.87 bits per heavy atom. The van der Waals surface area contributed by atoms with Crippen molar-refractivity contribution in [2.75, 3.05) is 0 Å². The van der Waals surface area contributed by atoms with Crippen LogP contribution in [0.15, 0.2) is 109 Å². The molecule has 0 amide bonds. The third kappa shape index (κ3) is 7.85. The van der Waals surface area contributed by atoms with Gasteiger partial charge in [0.05, 0.1) is 0 Å². The summed E-state index contributed by atoms with van der Waals surface area (Å²) in [5.41, 5.74) is -0.191. The summed E-state index contributed by atoms with van der Waals surface area (Å²) in [6.45, 7) is 0. The van der Waals surface area contributed by atoms with Gasteiger partial charge in [-0.1, -0.05) is 48.5 Å². The number of hydrogen-bond donors (Lipinski definition) is 0. The molecule has 1 radical (unpaired) electrons. The molecular weight excluding hydrogens is 695 g/mol. The van der Waals surface area contributed by atoms with Crippen molar-refractivity contribution >= 4 is 0 Å².